The van der Waals surface area contributed by atoms with Crippen LogP contribution < -0.4 is 5.32 Å². The molecule has 8 nitrogen and oxygen atoms in total. The summed E-state index contributed by atoms with van der Waals surface area (Å²) in [6.45, 7) is 2.65. The Morgan fingerprint density at radius 2 is 2.10 bits per heavy atom. The largest absolute Gasteiger partial charge is 0.481 e. The fourth-order valence-corrected chi connectivity index (χ4v) is 2.02. The molecule has 2 amide bonds. The Morgan fingerprint density at radius 1 is 1.38 bits per heavy atom. The predicted octanol–water partition coefficient (Wildman–Crippen LogP) is -0.621. The molecule has 2 N–H and O–H groups in total. The lowest BCUT2D eigenvalue weighted by Crippen LogP contribution is -2.36. The highest BCUT2D eigenvalue weighted by molar-refractivity contribution is 5.86. The summed E-state index contributed by atoms with van der Waals surface area (Å²) in [6, 6.07) is 0. The van der Waals surface area contributed by atoms with Gasteiger partial charge in [-0.25, -0.2) is 0 Å². The maximum Gasteiger partial charge on any atom is 0.308 e. The summed E-state index contributed by atoms with van der Waals surface area (Å²) in [5.74, 6) is -2.60. The second-order valence-corrected chi connectivity index (χ2v) is 4.73. The van der Waals surface area contributed by atoms with Crippen molar-refractivity contribution in [2.45, 2.75) is 26.2 Å². The van der Waals surface area contributed by atoms with Gasteiger partial charge in [0.1, 0.15) is 0 Å². The molecule has 21 heavy (non-hydrogen) atoms. The lowest BCUT2D eigenvalue weighted by Gasteiger charge is -2.16. The van der Waals surface area contributed by atoms with E-state index >= 15 is 0 Å². The monoisotopic (exact) mass is 300 g/mol. The van der Waals surface area contributed by atoms with Crippen LogP contribution in [0.2, 0.25) is 0 Å². The Bertz CT molecular complexity index is 423. The van der Waals surface area contributed by atoms with Crippen LogP contribution in [0.5, 0.6) is 0 Å². The molecule has 0 saturated carbocycles. The van der Waals surface area contributed by atoms with Gasteiger partial charge < -0.3 is 20.1 Å². The van der Waals surface area contributed by atoms with Gasteiger partial charge in [0, 0.05) is 32.5 Å². The number of rotatable bonds is 8. The summed E-state index contributed by atoms with van der Waals surface area (Å²) in [4.78, 5) is 46.3. The number of carboxylic acid groups (broad SMARTS) is 1. The van der Waals surface area contributed by atoms with Crippen molar-refractivity contribution in [3.05, 3.63) is 0 Å². The van der Waals surface area contributed by atoms with Crippen LogP contribution in [-0.2, 0) is 23.9 Å². The van der Waals surface area contributed by atoms with Gasteiger partial charge in [-0.05, 0) is 6.92 Å². The van der Waals surface area contributed by atoms with E-state index in [0.717, 1.165) is 0 Å². The van der Waals surface area contributed by atoms with E-state index < -0.39 is 17.9 Å². The number of hydrogen-bond acceptors (Lipinski definition) is 5. The molecular weight excluding hydrogens is 280 g/mol. The molecule has 1 heterocycles. The van der Waals surface area contributed by atoms with E-state index in [1.807, 2.05) is 0 Å². The van der Waals surface area contributed by atoms with Gasteiger partial charge in [-0.2, -0.15) is 0 Å². The van der Waals surface area contributed by atoms with Crippen molar-refractivity contribution in [1.82, 2.24) is 10.2 Å². The predicted molar refractivity (Wildman–Crippen MR) is 71.2 cm³/mol. The van der Waals surface area contributed by atoms with Gasteiger partial charge in [0.15, 0.2) is 0 Å². The summed E-state index contributed by atoms with van der Waals surface area (Å²) in [6.07, 6.45) is 0.0556. The number of hydrogen-bond donors (Lipinski definition) is 2. The van der Waals surface area contributed by atoms with Gasteiger partial charge in [0.25, 0.3) is 0 Å². The van der Waals surface area contributed by atoms with Crippen LogP contribution in [0, 0.1) is 5.92 Å². The highest BCUT2D eigenvalue weighted by Crippen LogP contribution is 2.17. The van der Waals surface area contributed by atoms with Crippen LogP contribution in [0.3, 0.4) is 0 Å². The van der Waals surface area contributed by atoms with Crippen molar-refractivity contribution in [1.29, 1.82) is 0 Å². The van der Waals surface area contributed by atoms with Gasteiger partial charge >= 0.3 is 11.9 Å². The number of nitrogens with zero attached hydrogens (tertiary/aromatic N) is 1. The number of ether oxygens (including phenoxy) is 1. The third-order valence-corrected chi connectivity index (χ3v) is 3.13. The van der Waals surface area contributed by atoms with Crippen molar-refractivity contribution in [2.75, 3.05) is 26.2 Å². The summed E-state index contributed by atoms with van der Waals surface area (Å²) < 4.78 is 4.70. The van der Waals surface area contributed by atoms with Gasteiger partial charge in [-0.15, -0.1) is 0 Å². The molecule has 1 fully saturated rings. The zero-order valence-corrected chi connectivity index (χ0v) is 12.0. The summed E-state index contributed by atoms with van der Waals surface area (Å²) in [5, 5.41) is 11.4. The van der Waals surface area contributed by atoms with Gasteiger partial charge in [0.2, 0.25) is 11.8 Å². The molecule has 0 aromatic rings. The van der Waals surface area contributed by atoms with Crippen LogP contribution in [0.4, 0.5) is 0 Å². The number of carboxylic acids is 1. The number of carbonyl (C=O) groups excluding carboxylic acids is 3. The molecule has 0 spiro atoms. The molecule has 0 aromatic heterocycles. The zero-order valence-electron chi connectivity index (χ0n) is 12.0. The average molecular weight is 300 g/mol. The molecule has 1 atom stereocenters. The van der Waals surface area contributed by atoms with Crippen molar-refractivity contribution in [3.63, 3.8) is 0 Å². The molecule has 0 bridgehead atoms. The Morgan fingerprint density at radius 3 is 2.67 bits per heavy atom. The lowest BCUT2D eigenvalue weighted by molar-refractivity contribution is -0.144. The summed E-state index contributed by atoms with van der Waals surface area (Å²) in [7, 11) is 0. The fraction of sp³-hybridized carbons (Fsp3) is 0.692. The van der Waals surface area contributed by atoms with Gasteiger partial charge in [-0.1, -0.05) is 0 Å². The van der Waals surface area contributed by atoms with Crippen LogP contribution in [0.1, 0.15) is 26.2 Å². The summed E-state index contributed by atoms with van der Waals surface area (Å²) in [5.41, 5.74) is 0. The first kappa shape index (κ1) is 16.9. The first-order valence-electron chi connectivity index (χ1n) is 6.87. The van der Waals surface area contributed by atoms with E-state index in [1.54, 1.807) is 6.92 Å². The van der Waals surface area contributed by atoms with Crippen LogP contribution in [-0.4, -0.2) is 60.0 Å². The Kier molecular flexibility index (Phi) is 6.64. The Labute approximate surface area is 122 Å². The average Bonchev–Trinajstić information content (AvgIpc) is 2.79. The topological polar surface area (TPSA) is 113 Å². The van der Waals surface area contributed by atoms with Gasteiger partial charge in [0.05, 0.1) is 18.9 Å². The maximum atomic E-state index is 11.5. The number of carbonyl (C=O) groups is 4. The standard InChI is InChI=1S/C13H20N2O6/c1-2-21-12(18)4-3-10(16)14-5-6-15-8-9(13(19)20)7-11(15)17/h9H,2-8H2,1H3,(H,14,16)(H,19,20). The fourth-order valence-electron chi connectivity index (χ4n) is 2.02. The quantitative estimate of drug-likeness (QED) is 0.578. The molecular formula is C13H20N2O6. The van der Waals surface area contributed by atoms with Crippen molar-refractivity contribution in [2.24, 2.45) is 5.92 Å². The number of esters is 1. The molecule has 1 saturated heterocycles. The third kappa shape index (κ3) is 5.80. The molecule has 8 heteroatoms. The molecule has 118 valence electrons. The first-order valence-corrected chi connectivity index (χ1v) is 6.87. The number of amides is 2. The first-order chi connectivity index (χ1) is 9.93. The molecule has 1 aliphatic heterocycles. The van der Waals surface area contributed by atoms with Crippen LogP contribution in [0.15, 0.2) is 0 Å². The van der Waals surface area contributed by atoms with Gasteiger partial charge in [-0.3, -0.25) is 19.2 Å². The number of aliphatic carboxylic acids is 1. The Balaban J connectivity index is 2.19. The molecule has 0 aliphatic carbocycles. The molecule has 0 aromatic carbocycles. The summed E-state index contributed by atoms with van der Waals surface area (Å²) >= 11 is 0. The Hall–Kier alpha value is -2.12. The number of likely N-dealkylation sites (tertiary alicyclic amines) is 1. The minimum absolute atomic E-state index is 0.00609. The minimum atomic E-state index is -0.982. The zero-order chi connectivity index (χ0) is 15.8. The molecule has 1 rings (SSSR count). The van der Waals surface area contributed by atoms with E-state index in [1.165, 1.54) is 4.90 Å². The van der Waals surface area contributed by atoms with E-state index in [-0.39, 0.29) is 57.3 Å². The molecule has 1 unspecified atom stereocenters. The SMILES string of the molecule is CCOC(=O)CCC(=O)NCCN1CC(C(=O)O)CC1=O. The highest BCUT2D eigenvalue weighted by Gasteiger charge is 2.33. The lowest BCUT2D eigenvalue weighted by atomic mass is 10.1. The highest BCUT2D eigenvalue weighted by atomic mass is 16.5. The van der Waals surface area contributed by atoms with Crippen LogP contribution >= 0.6 is 0 Å². The van der Waals surface area contributed by atoms with Crippen molar-refractivity contribution < 1.29 is 29.0 Å². The smallest absolute Gasteiger partial charge is 0.308 e. The van der Waals surface area contributed by atoms with Crippen LogP contribution in [0.25, 0.3) is 0 Å². The third-order valence-electron chi connectivity index (χ3n) is 3.13. The van der Waals surface area contributed by atoms with Crippen molar-refractivity contribution >= 4 is 23.8 Å². The minimum Gasteiger partial charge on any atom is -0.481 e. The second kappa shape index (κ2) is 8.23. The van der Waals surface area contributed by atoms with E-state index in [0.29, 0.717) is 0 Å². The van der Waals surface area contributed by atoms with E-state index in [9.17, 15) is 19.2 Å². The second-order valence-electron chi connectivity index (χ2n) is 4.73. The molecule has 1 aliphatic rings. The normalized spacial score (nSPS) is 17.7. The van der Waals surface area contributed by atoms with E-state index in [2.05, 4.69) is 5.32 Å². The van der Waals surface area contributed by atoms with Crippen molar-refractivity contribution in [3.8, 4) is 0 Å². The number of nitrogens with one attached hydrogen (secondary N) is 1. The maximum absolute atomic E-state index is 11.5. The van der Waals surface area contributed by atoms with E-state index in [4.69, 9.17) is 9.84 Å². The molecule has 0 radical (unpaired) electrons.